The van der Waals surface area contributed by atoms with Gasteiger partial charge in [-0.15, -0.1) is 0 Å². The van der Waals surface area contributed by atoms with Crippen molar-refractivity contribution in [1.82, 2.24) is 0 Å². The number of methoxy groups -OCH3 is 1. The van der Waals surface area contributed by atoms with E-state index in [4.69, 9.17) is 16.3 Å². The Balaban J connectivity index is 2.89. The molecule has 0 amide bonds. The highest BCUT2D eigenvalue weighted by Gasteiger charge is 2.18. The molecule has 4 nitrogen and oxygen atoms in total. The number of sulfone groups is 1. The highest BCUT2D eigenvalue weighted by atomic mass is 35.5. The first kappa shape index (κ1) is 15.0. The second-order valence-electron chi connectivity index (χ2n) is 3.86. The summed E-state index contributed by atoms with van der Waals surface area (Å²) in [4.78, 5) is 11.8. The van der Waals surface area contributed by atoms with Crippen LogP contribution < -0.4 is 4.74 Å². The summed E-state index contributed by atoms with van der Waals surface area (Å²) in [5, 5.41) is 0.288. The fourth-order valence-electron chi connectivity index (χ4n) is 1.51. The monoisotopic (exact) mass is 290 g/mol. The van der Waals surface area contributed by atoms with Crippen LogP contribution in [0.15, 0.2) is 18.2 Å². The minimum absolute atomic E-state index is 0.0165. The lowest BCUT2D eigenvalue weighted by Gasteiger charge is -2.06. The standard InChI is InChI=1S/C12H15ClO4S/c1-3-6-18(15,16)8-11(14)9-4-5-12(17-2)10(13)7-9/h4-5,7H,3,6,8H2,1-2H3. The molecular weight excluding hydrogens is 276 g/mol. The van der Waals surface area contributed by atoms with Crippen LogP contribution in [0.5, 0.6) is 5.75 Å². The lowest BCUT2D eigenvalue weighted by atomic mass is 10.1. The van der Waals surface area contributed by atoms with Crippen molar-refractivity contribution < 1.29 is 17.9 Å². The molecule has 0 radical (unpaired) electrons. The van der Waals surface area contributed by atoms with E-state index >= 15 is 0 Å². The minimum atomic E-state index is -3.33. The van der Waals surface area contributed by atoms with Crippen molar-refractivity contribution in [2.24, 2.45) is 0 Å². The van der Waals surface area contributed by atoms with E-state index in [2.05, 4.69) is 0 Å². The SMILES string of the molecule is CCCS(=O)(=O)CC(=O)c1ccc(OC)c(Cl)c1. The zero-order valence-corrected chi connectivity index (χ0v) is 11.8. The Hall–Kier alpha value is -1.07. The van der Waals surface area contributed by atoms with Crippen LogP contribution in [-0.2, 0) is 9.84 Å². The first-order valence-corrected chi connectivity index (χ1v) is 7.66. The van der Waals surface area contributed by atoms with Crippen LogP contribution >= 0.6 is 11.6 Å². The number of benzene rings is 1. The van der Waals surface area contributed by atoms with E-state index in [1.54, 1.807) is 13.0 Å². The fourth-order valence-corrected chi connectivity index (χ4v) is 3.10. The third-order valence-corrected chi connectivity index (χ3v) is 4.37. The lowest BCUT2D eigenvalue weighted by molar-refractivity contribution is 0.102. The van der Waals surface area contributed by atoms with Gasteiger partial charge in [-0.2, -0.15) is 0 Å². The molecule has 0 saturated carbocycles. The van der Waals surface area contributed by atoms with Gasteiger partial charge in [-0.3, -0.25) is 4.79 Å². The number of halogens is 1. The number of ether oxygens (including phenoxy) is 1. The zero-order chi connectivity index (χ0) is 13.8. The highest BCUT2D eigenvalue weighted by Crippen LogP contribution is 2.25. The molecule has 0 saturated heterocycles. The molecule has 1 aromatic carbocycles. The van der Waals surface area contributed by atoms with Gasteiger partial charge in [-0.1, -0.05) is 18.5 Å². The molecule has 0 bridgehead atoms. The van der Waals surface area contributed by atoms with Crippen molar-refractivity contribution >= 4 is 27.2 Å². The molecule has 6 heteroatoms. The molecule has 0 aliphatic heterocycles. The summed E-state index contributed by atoms with van der Waals surface area (Å²) >= 11 is 5.88. The first-order valence-electron chi connectivity index (χ1n) is 5.46. The van der Waals surface area contributed by atoms with E-state index in [9.17, 15) is 13.2 Å². The number of hydrogen-bond donors (Lipinski definition) is 0. The van der Waals surface area contributed by atoms with Gasteiger partial charge < -0.3 is 4.74 Å². The van der Waals surface area contributed by atoms with Crippen molar-refractivity contribution in [1.29, 1.82) is 0 Å². The van der Waals surface area contributed by atoms with Crippen molar-refractivity contribution in [3.63, 3.8) is 0 Å². The predicted octanol–water partition coefficient (Wildman–Crippen LogP) is 2.36. The molecule has 0 heterocycles. The van der Waals surface area contributed by atoms with Crippen LogP contribution in [0.1, 0.15) is 23.7 Å². The predicted molar refractivity (Wildman–Crippen MR) is 71.3 cm³/mol. The molecule has 0 aliphatic rings. The smallest absolute Gasteiger partial charge is 0.177 e. The first-order chi connectivity index (χ1) is 8.39. The Morgan fingerprint density at radius 2 is 2.06 bits per heavy atom. The number of carbonyl (C=O) groups is 1. The van der Waals surface area contributed by atoms with Crippen LogP contribution in [0.25, 0.3) is 0 Å². The van der Waals surface area contributed by atoms with Gasteiger partial charge in [0.1, 0.15) is 11.5 Å². The summed E-state index contributed by atoms with van der Waals surface area (Å²) < 4.78 is 28.0. The maximum Gasteiger partial charge on any atom is 0.177 e. The average molecular weight is 291 g/mol. The molecule has 1 rings (SSSR count). The van der Waals surface area contributed by atoms with E-state index in [1.165, 1.54) is 19.2 Å². The topological polar surface area (TPSA) is 60.4 Å². The molecule has 18 heavy (non-hydrogen) atoms. The molecule has 0 N–H and O–H groups in total. The summed E-state index contributed by atoms with van der Waals surface area (Å²) in [7, 11) is -1.86. The van der Waals surface area contributed by atoms with E-state index < -0.39 is 21.4 Å². The van der Waals surface area contributed by atoms with Crippen LogP contribution in [0.4, 0.5) is 0 Å². The van der Waals surface area contributed by atoms with Crippen LogP contribution in [0.2, 0.25) is 5.02 Å². The summed E-state index contributed by atoms with van der Waals surface area (Å²) in [6.45, 7) is 1.76. The second kappa shape index (κ2) is 6.20. The minimum Gasteiger partial charge on any atom is -0.495 e. The van der Waals surface area contributed by atoms with E-state index in [1.807, 2.05) is 0 Å². The fraction of sp³-hybridized carbons (Fsp3) is 0.417. The van der Waals surface area contributed by atoms with Crippen LogP contribution in [0.3, 0.4) is 0 Å². The Morgan fingerprint density at radius 1 is 1.39 bits per heavy atom. The van der Waals surface area contributed by atoms with Gasteiger partial charge in [-0.05, 0) is 24.6 Å². The van der Waals surface area contributed by atoms with Gasteiger partial charge in [-0.25, -0.2) is 8.42 Å². The maximum atomic E-state index is 11.8. The largest absolute Gasteiger partial charge is 0.495 e. The molecule has 0 aliphatic carbocycles. The highest BCUT2D eigenvalue weighted by molar-refractivity contribution is 7.92. The molecule has 0 spiro atoms. The van der Waals surface area contributed by atoms with Crippen molar-refractivity contribution in [3.05, 3.63) is 28.8 Å². The Kier molecular flexibility index (Phi) is 5.16. The van der Waals surface area contributed by atoms with Gasteiger partial charge in [0.15, 0.2) is 15.6 Å². The van der Waals surface area contributed by atoms with E-state index in [0.717, 1.165) is 0 Å². The number of ketones is 1. The average Bonchev–Trinajstić information content (AvgIpc) is 2.28. The second-order valence-corrected chi connectivity index (χ2v) is 6.46. The summed E-state index contributed by atoms with van der Waals surface area (Å²) in [6, 6.07) is 4.47. The maximum absolute atomic E-state index is 11.8. The molecule has 0 unspecified atom stereocenters. The van der Waals surface area contributed by atoms with Crippen LogP contribution in [0, 0.1) is 0 Å². The van der Waals surface area contributed by atoms with Crippen molar-refractivity contribution in [2.45, 2.75) is 13.3 Å². The molecule has 1 aromatic rings. The van der Waals surface area contributed by atoms with Gasteiger partial charge in [0.25, 0.3) is 0 Å². The molecule has 0 aromatic heterocycles. The third-order valence-electron chi connectivity index (χ3n) is 2.34. The Morgan fingerprint density at radius 3 is 2.56 bits per heavy atom. The Labute approximate surface area is 112 Å². The van der Waals surface area contributed by atoms with Gasteiger partial charge in [0.2, 0.25) is 0 Å². The molecule has 0 fully saturated rings. The third kappa shape index (κ3) is 3.99. The summed E-state index contributed by atoms with van der Waals surface area (Å²) in [5.41, 5.74) is 0.278. The molecular formula is C12H15ClO4S. The summed E-state index contributed by atoms with van der Waals surface area (Å²) in [6.07, 6.45) is 0.499. The number of Topliss-reactive ketones (excluding diaryl/α,β-unsaturated/α-hetero) is 1. The Bertz CT molecular complexity index is 537. The van der Waals surface area contributed by atoms with Crippen molar-refractivity contribution in [3.8, 4) is 5.75 Å². The van der Waals surface area contributed by atoms with Gasteiger partial charge >= 0.3 is 0 Å². The van der Waals surface area contributed by atoms with Gasteiger partial charge in [0, 0.05) is 5.56 Å². The lowest BCUT2D eigenvalue weighted by Crippen LogP contribution is -2.18. The molecule has 100 valence electrons. The van der Waals surface area contributed by atoms with E-state index in [0.29, 0.717) is 12.2 Å². The normalized spacial score (nSPS) is 11.3. The molecule has 0 atom stereocenters. The number of rotatable bonds is 6. The summed E-state index contributed by atoms with van der Waals surface area (Å²) in [5.74, 6) is -0.468. The van der Waals surface area contributed by atoms with Gasteiger partial charge in [0.05, 0.1) is 17.9 Å². The van der Waals surface area contributed by atoms with E-state index in [-0.39, 0.29) is 16.3 Å². The van der Waals surface area contributed by atoms with Crippen molar-refractivity contribution in [2.75, 3.05) is 18.6 Å². The zero-order valence-electron chi connectivity index (χ0n) is 10.3. The van der Waals surface area contributed by atoms with Crippen LogP contribution in [-0.4, -0.2) is 32.8 Å². The quantitative estimate of drug-likeness (QED) is 0.755. The number of hydrogen-bond acceptors (Lipinski definition) is 4. The number of carbonyl (C=O) groups excluding carboxylic acids is 1.